The summed E-state index contributed by atoms with van der Waals surface area (Å²) in [5.74, 6) is 1.43. The summed E-state index contributed by atoms with van der Waals surface area (Å²) in [4.78, 5) is 10.6. The second-order valence-electron chi connectivity index (χ2n) is 3.13. The molecule has 0 bridgehead atoms. The maximum Gasteiger partial charge on any atom is 0.124 e. The Hall–Kier alpha value is -0.960. The van der Waals surface area contributed by atoms with E-state index in [1.807, 2.05) is 24.3 Å². The number of thiol groups is 1. The molecule has 0 spiro atoms. The normalized spacial score (nSPS) is 12.1. The number of methoxy groups -OCH3 is 1. The maximum absolute atomic E-state index is 10.6. The molecule has 1 unspecified atom stereocenters. The zero-order valence-electron chi connectivity index (χ0n) is 8.14. The summed E-state index contributed by atoms with van der Waals surface area (Å²) < 4.78 is 5.04. The van der Waals surface area contributed by atoms with E-state index in [-0.39, 0.29) is 5.92 Å². The van der Waals surface area contributed by atoms with Crippen LogP contribution in [0.1, 0.15) is 5.56 Å². The molecule has 3 heteroatoms. The SMILES string of the molecule is COc1ccc(CC(C=O)CS)cc1. The Morgan fingerprint density at radius 2 is 2.07 bits per heavy atom. The molecule has 0 fully saturated rings. The van der Waals surface area contributed by atoms with E-state index in [2.05, 4.69) is 12.6 Å². The Bertz CT molecular complexity index is 282. The molecule has 0 aliphatic carbocycles. The van der Waals surface area contributed by atoms with Gasteiger partial charge in [0.2, 0.25) is 0 Å². The fourth-order valence-corrected chi connectivity index (χ4v) is 1.44. The molecule has 14 heavy (non-hydrogen) atoms. The molecule has 1 atom stereocenters. The van der Waals surface area contributed by atoms with E-state index in [4.69, 9.17) is 4.74 Å². The summed E-state index contributed by atoms with van der Waals surface area (Å²) in [6.45, 7) is 0. The maximum atomic E-state index is 10.6. The summed E-state index contributed by atoms with van der Waals surface area (Å²) in [6, 6.07) is 7.74. The standard InChI is InChI=1S/C11H14O2S/c1-13-11-4-2-9(3-5-11)6-10(7-12)8-14/h2-5,7,10,14H,6,8H2,1H3. The minimum Gasteiger partial charge on any atom is -0.497 e. The topological polar surface area (TPSA) is 26.3 Å². The van der Waals surface area contributed by atoms with Gasteiger partial charge in [0, 0.05) is 11.7 Å². The van der Waals surface area contributed by atoms with Gasteiger partial charge in [0.05, 0.1) is 7.11 Å². The third-order valence-corrected chi connectivity index (χ3v) is 2.55. The number of hydrogen-bond acceptors (Lipinski definition) is 3. The minimum absolute atomic E-state index is 0.00623. The first kappa shape index (κ1) is 11.1. The smallest absolute Gasteiger partial charge is 0.124 e. The van der Waals surface area contributed by atoms with Crippen LogP contribution in [0.2, 0.25) is 0 Å². The van der Waals surface area contributed by atoms with E-state index in [9.17, 15) is 4.79 Å². The molecule has 2 nitrogen and oxygen atoms in total. The second-order valence-corrected chi connectivity index (χ2v) is 3.50. The molecule has 1 rings (SSSR count). The molecule has 0 amide bonds. The van der Waals surface area contributed by atoms with Crippen molar-refractivity contribution >= 4 is 18.9 Å². The van der Waals surface area contributed by atoms with Crippen LogP contribution in [-0.2, 0) is 11.2 Å². The Morgan fingerprint density at radius 3 is 2.50 bits per heavy atom. The zero-order chi connectivity index (χ0) is 10.4. The lowest BCUT2D eigenvalue weighted by Gasteiger charge is -2.07. The lowest BCUT2D eigenvalue weighted by Crippen LogP contribution is -2.07. The number of carbonyl (C=O) groups excluding carboxylic acids is 1. The average molecular weight is 210 g/mol. The van der Waals surface area contributed by atoms with Crippen molar-refractivity contribution in [1.82, 2.24) is 0 Å². The third-order valence-electron chi connectivity index (χ3n) is 2.08. The van der Waals surface area contributed by atoms with Crippen LogP contribution < -0.4 is 4.74 Å². The van der Waals surface area contributed by atoms with Gasteiger partial charge >= 0.3 is 0 Å². The van der Waals surface area contributed by atoms with Crippen LogP contribution >= 0.6 is 12.6 Å². The lowest BCUT2D eigenvalue weighted by molar-refractivity contribution is -0.110. The fourth-order valence-electron chi connectivity index (χ4n) is 1.22. The van der Waals surface area contributed by atoms with Gasteiger partial charge in [-0.05, 0) is 24.1 Å². The van der Waals surface area contributed by atoms with Gasteiger partial charge in [-0.15, -0.1) is 0 Å². The predicted octanol–water partition coefficient (Wildman–Crippen LogP) is 1.98. The highest BCUT2D eigenvalue weighted by atomic mass is 32.1. The van der Waals surface area contributed by atoms with E-state index >= 15 is 0 Å². The van der Waals surface area contributed by atoms with Crippen LogP contribution in [-0.4, -0.2) is 19.1 Å². The van der Waals surface area contributed by atoms with Gasteiger partial charge in [-0.1, -0.05) is 12.1 Å². The molecule has 76 valence electrons. The van der Waals surface area contributed by atoms with Crippen molar-refractivity contribution in [2.24, 2.45) is 5.92 Å². The van der Waals surface area contributed by atoms with Gasteiger partial charge in [0.25, 0.3) is 0 Å². The number of benzene rings is 1. The summed E-state index contributed by atoms with van der Waals surface area (Å²) in [5.41, 5.74) is 1.14. The lowest BCUT2D eigenvalue weighted by atomic mass is 10.0. The average Bonchev–Trinajstić information content (AvgIpc) is 2.26. The van der Waals surface area contributed by atoms with Crippen molar-refractivity contribution in [2.75, 3.05) is 12.9 Å². The van der Waals surface area contributed by atoms with Gasteiger partial charge in [0.1, 0.15) is 12.0 Å². The predicted molar refractivity (Wildman–Crippen MR) is 60.1 cm³/mol. The van der Waals surface area contributed by atoms with Crippen molar-refractivity contribution in [3.05, 3.63) is 29.8 Å². The largest absolute Gasteiger partial charge is 0.497 e. The highest BCUT2D eigenvalue weighted by Crippen LogP contribution is 2.14. The van der Waals surface area contributed by atoms with Crippen LogP contribution in [0.5, 0.6) is 5.75 Å². The van der Waals surface area contributed by atoms with Crippen LogP contribution in [0, 0.1) is 5.92 Å². The fraction of sp³-hybridized carbons (Fsp3) is 0.364. The molecule has 0 heterocycles. The number of hydrogen-bond donors (Lipinski definition) is 1. The molecule has 1 aromatic rings. The van der Waals surface area contributed by atoms with Crippen LogP contribution in [0.3, 0.4) is 0 Å². The summed E-state index contributed by atoms with van der Waals surface area (Å²) >= 11 is 4.11. The Kier molecular flexibility index (Phi) is 4.53. The molecule has 0 aliphatic heterocycles. The van der Waals surface area contributed by atoms with E-state index in [1.165, 1.54) is 0 Å². The Morgan fingerprint density at radius 1 is 1.43 bits per heavy atom. The second kappa shape index (κ2) is 5.70. The Balaban J connectivity index is 2.63. The van der Waals surface area contributed by atoms with Crippen LogP contribution in [0.25, 0.3) is 0 Å². The van der Waals surface area contributed by atoms with E-state index in [0.29, 0.717) is 5.75 Å². The van der Waals surface area contributed by atoms with Crippen molar-refractivity contribution in [2.45, 2.75) is 6.42 Å². The van der Waals surface area contributed by atoms with Gasteiger partial charge in [-0.2, -0.15) is 12.6 Å². The molecule has 0 N–H and O–H groups in total. The summed E-state index contributed by atoms with van der Waals surface area (Å²) in [7, 11) is 1.64. The highest BCUT2D eigenvalue weighted by Gasteiger charge is 2.05. The van der Waals surface area contributed by atoms with E-state index in [0.717, 1.165) is 24.0 Å². The first-order chi connectivity index (χ1) is 6.80. The third kappa shape index (κ3) is 3.07. The highest BCUT2D eigenvalue weighted by molar-refractivity contribution is 7.80. The van der Waals surface area contributed by atoms with Crippen molar-refractivity contribution in [3.8, 4) is 5.75 Å². The van der Waals surface area contributed by atoms with Crippen molar-refractivity contribution in [1.29, 1.82) is 0 Å². The van der Waals surface area contributed by atoms with Crippen LogP contribution in [0.4, 0.5) is 0 Å². The molecule has 0 radical (unpaired) electrons. The molecule has 0 saturated heterocycles. The quantitative estimate of drug-likeness (QED) is 0.594. The molecule has 1 aromatic carbocycles. The van der Waals surface area contributed by atoms with E-state index in [1.54, 1.807) is 7.11 Å². The number of carbonyl (C=O) groups is 1. The monoisotopic (exact) mass is 210 g/mol. The molecule has 0 aliphatic rings. The first-order valence-corrected chi connectivity index (χ1v) is 5.12. The Labute approximate surface area is 89.7 Å². The summed E-state index contributed by atoms with van der Waals surface area (Å²) in [5, 5.41) is 0. The number of aldehydes is 1. The van der Waals surface area contributed by atoms with E-state index < -0.39 is 0 Å². The van der Waals surface area contributed by atoms with Gasteiger partial charge in [-0.3, -0.25) is 0 Å². The van der Waals surface area contributed by atoms with Crippen LogP contribution in [0.15, 0.2) is 24.3 Å². The summed E-state index contributed by atoms with van der Waals surface area (Å²) in [6.07, 6.45) is 1.70. The van der Waals surface area contributed by atoms with Gasteiger partial charge in [-0.25, -0.2) is 0 Å². The molecular weight excluding hydrogens is 196 g/mol. The molecule has 0 saturated carbocycles. The van der Waals surface area contributed by atoms with Gasteiger partial charge < -0.3 is 9.53 Å². The number of rotatable bonds is 5. The first-order valence-electron chi connectivity index (χ1n) is 4.49. The van der Waals surface area contributed by atoms with Gasteiger partial charge in [0.15, 0.2) is 0 Å². The molecule has 0 aromatic heterocycles. The van der Waals surface area contributed by atoms with Crippen molar-refractivity contribution < 1.29 is 9.53 Å². The van der Waals surface area contributed by atoms with Crippen molar-refractivity contribution in [3.63, 3.8) is 0 Å². The molecular formula is C11H14O2S. The number of ether oxygens (including phenoxy) is 1. The minimum atomic E-state index is 0.00623. The zero-order valence-corrected chi connectivity index (χ0v) is 9.04.